The van der Waals surface area contributed by atoms with Crippen LogP contribution in [-0.2, 0) is 11.3 Å². The Morgan fingerprint density at radius 1 is 1.39 bits per heavy atom. The molecular weight excluding hydrogens is 332 g/mol. The first-order valence-corrected chi connectivity index (χ1v) is 8.86. The van der Waals surface area contributed by atoms with E-state index in [1.165, 1.54) is 11.8 Å². The van der Waals surface area contributed by atoms with E-state index in [9.17, 15) is 9.59 Å². The second-order valence-electron chi connectivity index (χ2n) is 5.58. The number of thioether (sulfide) groups is 1. The van der Waals surface area contributed by atoms with E-state index in [-0.39, 0.29) is 16.6 Å². The van der Waals surface area contributed by atoms with E-state index in [0.29, 0.717) is 34.0 Å². The number of nitrogens with zero attached hydrogens (tertiary/aromatic N) is 2. The standard InChI is InChI=1S/C17H17ClN2O2S/c1-2-9-20-16(22)12-10-11(18)7-8-13(12)19-17(20)23-15-6-4-3-5-14(15)21/h2,7-8,10,15H,1,3-6,9H2/t15-/m0/s1. The number of rotatable bonds is 4. The number of halogens is 1. The first-order chi connectivity index (χ1) is 11.1. The summed E-state index contributed by atoms with van der Waals surface area (Å²) in [6, 6.07) is 5.09. The van der Waals surface area contributed by atoms with Gasteiger partial charge in [0.25, 0.3) is 5.56 Å². The van der Waals surface area contributed by atoms with Gasteiger partial charge in [-0.2, -0.15) is 0 Å². The van der Waals surface area contributed by atoms with Crippen molar-refractivity contribution in [1.82, 2.24) is 9.55 Å². The molecular formula is C17H17ClN2O2S. The number of allylic oxidation sites excluding steroid dienone is 1. The second kappa shape index (κ2) is 6.89. The van der Waals surface area contributed by atoms with E-state index in [1.807, 2.05) is 0 Å². The lowest BCUT2D eigenvalue weighted by atomic mass is 9.99. The van der Waals surface area contributed by atoms with Gasteiger partial charge in [-0.05, 0) is 31.0 Å². The van der Waals surface area contributed by atoms with Crippen molar-refractivity contribution in [2.45, 2.75) is 42.6 Å². The summed E-state index contributed by atoms with van der Waals surface area (Å²) in [5, 5.41) is 1.45. The molecule has 1 heterocycles. The monoisotopic (exact) mass is 348 g/mol. The number of hydrogen-bond acceptors (Lipinski definition) is 4. The van der Waals surface area contributed by atoms with Crippen molar-refractivity contribution in [2.24, 2.45) is 0 Å². The van der Waals surface area contributed by atoms with Gasteiger partial charge in [0.1, 0.15) is 5.78 Å². The van der Waals surface area contributed by atoms with Crippen LogP contribution in [0.3, 0.4) is 0 Å². The van der Waals surface area contributed by atoms with Crippen LogP contribution < -0.4 is 5.56 Å². The van der Waals surface area contributed by atoms with Gasteiger partial charge >= 0.3 is 0 Å². The van der Waals surface area contributed by atoms with Crippen LogP contribution in [0.15, 0.2) is 40.8 Å². The van der Waals surface area contributed by atoms with Crippen molar-refractivity contribution < 1.29 is 4.79 Å². The Bertz CT molecular complexity index is 831. The molecule has 0 saturated heterocycles. The molecule has 1 saturated carbocycles. The highest BCUT2D eigenvalue weighted by Gasteiger charge is 2.25. The zero-order valence-electron chi connectivity index (χ0n) is 12.6. The lowest BCUT2D eigenvalue weighted by Crippen LogP contribution is -2.26. The third-order valence-electron chi connectivity index (χ3n) is 3.94. The summed E-state index contributed by atoms with van der Waals surface area (Å²) in [5.74, 6) is 0.247. The number of aromatic nitrogens is 2. The number of carbonyl (C=O) groups excluding carboxylic acids is 1. The average Bonchev–Trinajstić information content (AvgIpc) is 2.54. The Kier molecular flexibility index (Phi) is 4.87. The molecule has 4 nitrogen and oxygen atoms in total. The molecule has 0 N–H and O–H groups in total. The van der Waals surface area contributed by atoms with Crippen LogP contribution >= 0.6 is 23.4 Å². The second-order valence-corrected chi connectivity index (χ2v) is 7.19. The zero-order valence-corrected chi connectivity index (χ0v) is 14.2. The van der Waals surface area contributed by atoms with Crippen molar-refractivity contribution in [3.63, 3.8) is 0 Å². The molecule has 120 valence electrons. The van der Waals surface area contributed by atoms with Crippen LogP contribution in [0, 0.1) is 0 Å². The highest BCUT2D eigenvalue weighted by Crippen LogP contribution is 2.31. The quantitative estimate of drug-likeness (QED) is 0.622. The fraction of sp³-hybridized carbons (Fsp3) is 0.353. The largest absolute Gasteiger partial charge is 0.298 e. The molecule has 0 radical (unpaired) electrons. The van der Waals surface area contributed by atoms with Crippen LogP contribution in [0.2, 0.25) is 5.02 Å². The molecule has 1 aromatic heterocycles. The first-order valence-electron chi connectivity index (χ1n) is 7.60. The Morgan fingerprint density at radius 3 is 2.96 bits per heavy atom. The third kappa shape index (κ3) is 3.35. The van der Waals surface area contributed by atoms with Crippen molar-refractivity contribution in [3.05, 3.63) is 46.2 Å². The number of Topliss-reactive ketones (excluding diaryl/α,β-unsaturated/α-hetero) is 1. The molecule has 1 aliphatic rings. The first kappa shape index (κ1) is 16.3. The lowest BCUT2D eigenvalue weighted by molar-refractivity contribution is -0.119. The highest BCUT2D eigenvalue weighted by atomic mass is 35.5. The van der Waals surface area contributed by atoms with Gasteiger partial charge < -0.3 is 0 Å². The fourth-order valence-corrected chi connectivity index (χ4v) is 4.15. The van der Waals surface area contributed by atoms with Gasteiger partial charge in [-0.3, -0.25) is 14.2 Å². The highest BCUT2D eigenvalue weighted by molar-refractivity contribution is 8.00. The van der Waals surface area contributed by atoms with Crippen LogP contribution in [0.5, 0.6) is 0 Å². The summed E-state index contributed by atoms with van der Waals surface area (Å²) in [5.41, 5.74) is 0.452. The van der Waals surface area contributed by atoms with Gasteiger partial charge in [-0.1, -0.05) is 35.9 Å². The Balaban J connectivity index is 2.09. The maximum atomic E-state index is 12.7. The van der Waals surface area contributed by atoms with E-state index >= 15 is 0 Å². The van der Waals surface area contributed by atoms with E-state index in [0.717, 1.165) is 19.3 Å². The molecule has 0 bridgehead atoms. The van der Waals surface area contributed by atoms with Crippen LogP contribution in [-0.4, -0.2) is 20.6 Å². The van der Waals surface area contributed by atoms with E-state index < -0.39 is 0 Å². The number of fused-ring (bicyclic) bond motifs is 1. The predicted molar refractivity (Wildman–Crippen MR) is 94.3 cm³/mol. The summed E-state index contributed by atoms with van der Waals surface area (Å²) in [7, 11) is 0. The molecule has 23 heavy (non-hydrogen) atoms. The SMILES string of the molecule is C=CCn1c(S[C@H]2CCCCC2=O)nc2ccc(Cl)cc2c1=O. The maximum absolute atomic E-state index is 12.7. The predicted octanol–water partition coefficient (Wildman–Crippen LogP) is 3.84. The van der Waals surface area contributed by atoms with Crippen LogP contribution in [0.1, 0.15) is 25.7 Å². The molecule has 0 spiro atoms. The molecule has 0 amide bonds. The van der Waals surface area contributed by atoms with Crippen molar-refractivity contribution in [2.75, 3.05) is 0 Å². The Morgan fingerprint density at radius 2 is 2.22 bits per heavy atom. The smallest absolute Gasteiger partial charge is 0.262 e. The Hall–Kier alpha value is -1.59. The van der Waals surface area contributed by atoms with E-state index in [2.05, 4.69) is 11.6 Å². The summed E-state index contributed by atoms with van der Waals surface area (Å²) >= 11 is 7.38. The molecule has 1 fully saturated rings. The molecule has 1 aromatic carbocycles. The van der Waals surface area contributed by atoms with Gasteiger partial charge in [-0.15, -0.1) is 6.58 Å². The maximum Gasteiger partial charge on any atom is 0.262 e. The molecule has 0 aliphatic heterocycles. The number of benzene rings is 1. The van der Waals surface area contributed by atoms with Gasteiger partial charge in [0.05, 0.1) is 16.2 Å². The minimum Gasteiger partial charge on any atom is -0.298 e. The molecule has 6 heteroatoms. The van der Waals surface area contributed by atoms with Crippen LogP contribution in [0.4, 0.5) is 0 Å². The van der Waals surface area contributed by atoms with E-state index in [1.54, 1.807) is 28.8 Å². The molecule has 0 unspecified atom stereocenters. The summed E-state index contributed by atoms with van der Waals surface area (Å²) in [6.07, 6.45) is 5.11. The third-order valence-corrected chi connectivity index (χ3v) is 5.48. The fourth-order valence-electron chi connectivity index (χ4n) is 2.76. The zero-order chi connectivity index (χ0) is 16.4. The summed E-state index contributed by atoms with van der Waals surface area (Å²) in [6.45, 7) is 4.07. The van der Waals surface area contributed by atoms with Gasteiger partial charge in [0.2, 0.25) is 0 Å². The minimum atomic E-state index is -0.150. The summed E-state index contributed by atoms with van der Waals surface area (Å²) in [4.78, 5) is 29.4. The summed E-state index contributed by atoms with van der Waals surface area (Å²) < 4.78 is 1.57. The van der Waals surface area contributed by atoms with Crippen LogP contribution in [0.25, 0.3) is 10.9 Å². The molecule has 3 rings (SSSR count). The topological polar surface area (TPSA) is 52.0 Å². The lowest BCUT2D eigenvalue weighted by Gasteiger charge is -2.21. The van der Waals surface area contributed by atoms with Crippen molar-refractivity contribution in [1.29, 1.82) is 0 Å². The van der Waals surface area contributed by atoms with Crippen molar-refractivity contribution in [3.8, 4) is 0 Å². The van der Waals surface area contributed by atoms with Gasteiger partial charge in [0.15, 0.2) is 5.16 Å². The number of carbonyl (C=O) groups is 1. The van der Waals surface area contributed by atoms with E-state index in [4.69, 9.17) is 11.6 Å². The molecule has 1 aliphatic carbocycles. The van der Waals surface area contributed by atoms with Gasteiger partial charge in [-0.25, -0.2) is 4.98 Å². The number of ketones is 1. The van der Waals surface area contributed by atoms with Crippen molar-refractivity contribution >= 4 is 40.0 Å². The number of hydrogen-bond donors (Lipinski definition) is 0. The molecule has 2 aromatic rings. The average molecular weight is 349 g/mol. The van der Waals surface area contributed by atoms with Gasteiger partial charge in [0, 0.05) is 18.0 Å². The normalized spacial score (nSPS) is 18.3. The Labute approximate surface area is 143 Å². The molecule has 1 atom stereocenters. The minimum absolute atomic E-state index is 0.114.